The van der Waals surface area contributed by atoms with Crippen LogP contribution in [0.4, 0.5) is 4.79 Å². The first-order chi connectivity index (χ1) is 9.10. The fraction of sp³-hybridized carbons (Fsp3) is 0.600. The first-order valence-corrected chi connectivity index (χ1v) is 6.80. The molecule has 1 fully saturated rings. The van der Waals surface area contributed by atoms with Gasteiger partial charge in [-0.2, -0.15) is 0 Å². The van der Waals surface area contributed by atoms with Crippen molar-refractivity contribution >= 4 is 12.0 Å². The van der Waals surface area contributed by atoms with Gasteiger partial charge >= 0.3 is 6.09 Å². The smallest absolute Gasteiger partial charge is 0.416 e. The fourth-order valence-corrected chi connectivity index (χ4v) is 2.32. The molecule has 19 heavy (non-hydrogen) atoms. The van der Waals surface area contributed by atoms with Crippen molar-refractivity contribution in [1.29, 1.82) is 0 Å². The number of imide groups is 1. The molecule has 4 nitrogen and oxygen atoms in total. The molecule has 0 aromatic carbocycles. The molecule has 1 rings (SSSR count). The van der Waals surface area contributed by atoms with Gasteiger partial charge in [0.15, 0.2) is 0 Å². The molecule has 1 aliphatic rings. The van der Waals surface area contributed by atoms with E-state index in [9.17, 15) is 9.59 Å². The van der Waals surface area contributed by atoms with Crippen LogP contribution in [0.1, 0.15) is 32.6 Å². The molecule has 2 amide bonds. The van der Waals surface area contributed by atoms with E-state index in [1.165, 1.54) is 4.90 Å². The number of cyclic esters (lactones) is 1. The van der Waals surface area contributed by atoms with Gasteiger partial charge < -0.3 is 4.74 Å². The Hall–Kier alpha value is -1.58. The first kappa shape index (κ1) is 15.5. The van der Waals surface area contributed by atoms with Crippen LogP contribution in [0.2, 0.25) is 0 Å². The Balaban J connectivity index is 2.59. The Kier molecular flexibility index (Phi) is 6.33. The Morgan fingerprint density at radius 3 is 2.74 bits per heavy atom. The van der Waals surface area contributed by atoms with Gasteiger partial charge in [-0.1, -0.05) is 19.1 Å². The maximum Gasteiger partial charge on any atom is 0.416 e. The zero-order valence-corrected chi connectivity index (χ0v) is 11.6. The lowest BCUT2D eigenvalue weighted by Crippen LogP contribution is -2.37. The van der Waals surface area contributed by atoms with Crippen LogP contribution in [0.3, 0.4) is 0 Å². The van der Waals surface area contributed by atoms with Crippen molar-refractivity contribution in [2.45, 2.75) is 32.6 Å². The normalized spacial score (nSPS) is 17.7. The molecule has 0 radical (unpaired) electrons. The number of nitrogens with zero attached hydrogens (tertiary/aromatic N) is 1. The molecule has 4 heteroatoms. The number of carbonyl (C=O) groups is 2. The van der Waals surface area contributed by atoms with Crippen LogP contribution in [-0.4, -0.2) is 30.1 Å². The van der Waals surface area contributed by atoms with Crippen LogP contribution in [0.5, 0.6) is 0 Å². The summed E-state index contributed by atoms with van der Waals surface area (Å²) in [7, 11) is 0. The maximum absolute atomic E-state index is 12.3. The van der Waals surface area contributed by atoms with E-state index < -0.39 is 6.09 Å². The summed E-state index contributed by atoms with van der Waals surface area (Å²) in [6.45, 7) is 10.2. The monoisotopic (exact) mass is 265 g/mol. The largest absolute Gasteiger partial charge is 0.447 e. The SMILES string of the molecule is C=CCCC(C)CC(CC=C)C(=O)N1CCOC1=O. The van der Waals surface area contributed by atoms with Crippen LogP contribution in [0.15, 0.2) is 25.3 Å². The highest BCUT2D eigenvalue weighted by Gasteiger charge is 2.33. The van der Waals surface area contributed by atoms with Gasteiger partial charge in [0.05, 0.1) is 6.54 Å². The lowest BCUT2D eigenvalue weighted by molar-refractivity contribution is -0.132. The van der Waals surface area contributed by atoms with E-state index in [0.717, 1.165) is 19.3 Å². The van der Waals surface area contributed by atoms with E-state index >= 15 is 0 Å². The molecule has 2 atom stereocenters. The summed E-state index contributed by atoms with van der Waals surface area (Å²) in [5.41, 5.74) is 0. The van der Waals surface area contributed by atoms with Crippen molar-refractivity contribution in [2.75, 3.05) is 13.2 Å². The number of hydrogen-bond donors (Lipinski definition) is 0. The van der Waals surface area contributed by atoms with Gasteiger partial charge in [0.25, 0.3) is 0 Å². The predicted molar refractivity (Wildman–Crippen MR) is 74.6 cm³/mol. The van der Waals surface area contributed by atoms with Crippen LogP contribution < -0.4 is 0 Å². The van der Waals surface area contributed by atoms with E-state index in [1.807, 2.05) is 6.08 Å². The summed E-state index contributed by atoms with van der Waals surface area (Å²) in [6, 6.07) is 0. The molecule has 0 aromatic rings. The van der Waals surface area contributed by atoms with Gasteiger partial charge in [0.1, 0.15) is 6.61 Å². The van der Waals surface area contributed by atoms with Gasteiger partial charge in [-0.05, 0) is 31.6 Å². The van der Waals surface area contributed by atoms with Crippen molar-refractivity contribution in [3.05, 3.63) is 25.3 Å². The van der Waals surface area contributed by atoms with Crippen molar-refractivity contribution in [3.8, 4) is 0 Å². The molecule has 0 aliphatic carbocycles. The third-order valence-electron chi connectivity index (χ3n) is 3.38. The van der Waals surface area contributed by atoms with Gasteiger partial charge in [-0.25, -0.2) is 9.69 Å². The summed E-state index contributed by atoms with van der Waals surface area (Å²) < 4.78 is 4.81. The van der Waals surface area contributed by atoms with E-state index in [4.69, 9.17) is 4.74 Å². The third-order valence-corrected chi connectivity index (χ3v) is 3.38. The van der Waals surface area contributed by atoms with Gasteiger partial charge in [-0.3, -0.25) is 4.79 Å². The average molecular weight is 265 g/mol. The Bertz CT molecular complexity index is 351. The lowest BCUT2D eigenvalue weighted by Gasteiger charge is -2.22. The van der Waals surface area contributed by atoms with E-state index in [1.54, 1.807) is 6.08 Å². The Labute approximate surface area is 115 Å². The highest BCUT2D eigenvalue weighted by molar-refractivity contribution is 5.94. The highest BCUT2D eigenvalue weighted by atomic mass is 16.6. The number of ether oxygens (including phenoxy) is 1. The third kappa shape index (κ3) is 4.54. The Morgan fingerprint density at radius 2 is 2.21 bits per heavy atom. The summed E-state index contributed by atoms with van der Waals surface area (Å²) in [6.07, 6.45) is 6.43. The summed E-state index contributed by atoms with van der Waals surface area (Å²) >= 11 is 0. The molecule has 0 N–H and O–H groups in total. The van der Waals surface area contributed by atoms with Crippen molar-refractivity contribution < 1.29 is 14.3 Å². The number of carbonyl (C=O) groups excluding carboxylic acids is 2. The van der Waals surface area contributed by atoms with Gasteiger partial charge in [-0.15, -0.1) is 13.2 Å². The van der Waals surface area contributed by atoms with Crippen LogP contribution in [-0.2, 0) is 9.53 Å². The second kappa shape index (κ2) is 7.77. The quantitative estimate of drug-likeness (QED) is 0.633. The molecular weight excluding hydrogens is 242 g/mol. The fourth-order valence-electron chi connectivity index (χ4n) is 2.32. The summed E-state index contributed by atoms with van der Waals surface area (Å²) in [5.74, 6) is 0.112. The van der Waals surface area contributed by atoms with E-state index in [-0.39, 0.29) is 11.8 Å². The highest BCUT2D eigenvalue weighted by Crippen LogP contribution is 2.23. The van der Waals surface area contributed by atoms with Crippen molar-refractivity contribution in [2.24, 2.45) is 11.8 Å². The minimum absolute atomic E-state index is 0.132. The number of allylic oxidation sites excluding steroid dienone is 2. The molecule has 0 spiro atoms. The molecule has 106 valence electrons. The topological polar surface area (TPSA) is 46.6 Å². The van der Waals surface area contributed by atoms with Gasteiger partial charge in [0, 0.05) is 5.92 Å². The minimum atomic E-state index is -0.516. The molecule has 0 aromatic heterocycles. The minimum Gasteiger partial charge on any atom is -0.447 e. The molecule has 2 unspecified atom stereocenters. The Morgan fingerprint density at radius 1 is 1.47 bits per heavy atom. The van der Waals surface area contributed by atoms with Crippen LogP contribution >= 0.6 is 0 Å². The maximum atomic E-state index is 12.3. The number of hydrogen-bond acceptors (Lipinski definition) is 3. The standard InChI is InChI=1S/C15H23NO3/c1-4-6-8-12(3)11-13(7-5-2)14(17)16-9-10-19-15(16)18/h4-5,12-13H,1-2,6-11H2,3H3. The molecule has 1 aliphatic heterocycles. The second-order valence-electron chi connectivity index (χ2n) is 5.03. The molecule has 1 heterocycles. The van der Waals surface area contributed by atoms with Crippen molar-refractivity contribution in [1.82, 2.24) is 4.90 Å². The van der Waals surface area contributed by atoms with Crippen LogP contribution in [0, 0.1) is 11.8 Å². The van der Waals surface area contributed by atoms with Crippen LogP contribution in [0.25, 0.3) is 0 Å². The summed E-state index contributed by atoms with van der Waals surface area (Å²) in [4.78, 5) is 25.0. The van der Waals surface area contributed by atoms with E-state index in [2.05, 4.69) is 20.1 Å². The van der Waals surface area contributed by atoms with Gasteiger partial charge in [0.2, 0.25) is 5.91 Å². The zero-order valence-electron chi connectivity index (χ0n) is 11.6. The molecule has 0 saturated carbocycles. The number of rotatable bonds is 8. The molecule has 0 bridgehead atoms. The first-order valence-electron chi connectivity index (χ1n) is 6.80. The average Bonchev–Trinajstić information content (AvgIpc) is 2.81. The molecule has 1 saturated heterocycles. The van der Waals surface area contributed by atoms with E-state index in [0.29, 0.717) is 25.5 Å². The van der Waals surface area contributed by atoms with Crippen molar-refractivity contribution in [3.63, 3.8) is 0 Å². The predicted octanol–water partition coefficient (Wildman–Crippen LogP) is 3.15. The number of amides is 2. The zero-order chi connectivity index (χ0) is 14.3. The summed E-state index contributed by atoms with van der Waals surface area (Å²) in [5, 5.41) is 0. The lowest BCUT2D eigenvalue weighted by atomic mass is 9.89. The molecular formula is C15H23NO3. The second-order valence-corrected chi connectivity index (χ2v) is 5.03.